The zero-order valence-corrected chi connectivity index (χ0v) is 20.0. The molecular weight excluding hydrogens is 519 g/mol. The van der Waals surface area contributed by atoms with Crippen molar-refractivity contribution < 1.29 is 15.3 Å². The van der Waals surface area contributed by atoms with Gasteiger partial charge in [-0.25, -0.2) is 0 Å². The van der Waals surface area contributed by atoms with E-state index < -0.39 is 12.5 Å². The lowest BCUT2D eigenvalue weighted by Crippen LogP contribution is -2.51. The number of aliphatic hydroxyl groups is 3. The average molecular weight is 548 g/mol. The summed E-state index contributed by atoms with van der Waals surface area (Å²) >= 11 is 2.28. The third-order valence-electron chi connectivity index (χ3n) is 6.71. The van der Waals surface area contributed by atoms with Gasteiger partial charge in [-0.3, -0.25) is 15.2 Å². The first-order valence-electron chi connectivity index (χ1n) is 11.2. The van der Waals surface area contributed by atoms with Crippen LogP contribution in [-0.2, 0) is 6.42 Å². The highest BCUT2D eigenvalue weighted by Crippen LogP contribution is 2.35. The molecule has 3 aliphatic rings. The molecule has 4 N–H and O–H groups in total. The number of fused-ring (bicyclic) bond motifs is 1. The Balaban J connectivity index is 1.29. The lowest BCUT2D eigenvalue weighted by molar-refractivity contribution is -0.0776. The maximum absolute atomic E-state index is 11.2. The first kappa shape index (κ1) is 22.2. The van der Waals surface area contributed by atoms with Crippen LogP contribution in [-0.4, -0.2) is 63.2 Å². The number of hydrogen-bond acceptors (Lipinski definition) is 7. The number of nitrogens with zero attached hydrogens (tertiary/aromatic N) is 3. The van der Waals surface area contributed by atoms with E-state index >= 15 is 0 Å². The van der Waals surface area contributed by atoms with E-state index in [1.165, 1.54) is 0 Å². The number of hydrogen-bond donors (Lipinski definition) is 4. The van der Waals surface area contributed by atoms with Crippen LogP contribution in [0, 0.1) is 9.49 Å². The van der Waals surface area contributed by atoms with Crippen LogP contribution in [0.15, 0.2) is 47.6 Å². The van der Waals surface area contributed by atoms with Crippen LogP contribution >= 0.6 is 22.6 Å². The Labute approximate surface area is 201 Å². The quantitative estimate of drug-likeness (QED) is 0.414. The molecule has 2 aromatic rings. The SMILES string of the molecule is OC1NN=C(Cc2ccc(I)c(C(O)N3CCN(C(O)C4CC4)CC3)c2)c2ccccc21. The normalized spacial score (nSPS) is 23.8. The van der Waals surface area contributed by atoms with Crippen LogP contribution in [0.25, 0.3) is 0 Å². The predicted octanol–water partition coefficient (Wildman–Crippen LogP) is 2.17. The monoisotopic (exact) mass is 548 g/mol. The summed E-state index contributed by atoms with van der Waals surface area (Å²) in [6.07, 6.45) is 1.06. The van der Waals surface area contributed by atoms with Gasteiger partial charge in [0.05, 0.1) is 5.71 Å². The molecule has 1 aliphatic carbocycles. The van der Waals surface area contributed by atoms with E-state index in [9.17, 15) is 15.3 Å². The molecule has 1 saturated heterocycles. The molecule has 170 valence electrons. The summed E-state index contributed by atoms with van der Waals surface area (Å²) < 4.78 is 1.03. The van der Waals surface area contributed by atoms with E-state index in [1.54, 1.807) is 0 Å². The fourth-order valence-corrected chi connectivity index (χ4v) is 5.25. The Morgan fingerprint density at radius 1 is 1.03 bits per heavy atom. The van der Waals surface area contributed by atoms with Crippen molar-refractivity contribution in [1.29, 1.82) is 0 Å². The molecule has 0 spiro atoms. The molecule has 2 fully saturated rings. The number of hydrazone groups is 1. The minimum atomic E-state index is -0.791. The van der Waals surface area contributed by atoms with E-state index in [0.29, 0.717) is 12.3 Å². The van der Waals surface area contributed by atoms with Gasteiger partial charge >= 0.3 is 0 Å². The van der Waals surface area contributed by atoms with E-state index in [-0.39, 0.29) is 6.23 Å². The van der Waals surface area contributed by atoms with Crippen molar-refractivity contribution in [3.63, 3.8) is 0 Å². The zero-order valence-electron chi connectivity index (χ0n) is 17.9. The molecule has 1 saturated carbocycles. The second-order valence-electron chi connectivity index (χ2n) is 8.91. The average Bonchev–Trinajstić information content (AvgIpc) is 3.67. The van der Waals surface area contributed by atoms with Gasteiger partial charge in [0.2, 0.25) is 0 Å². The highest BCUT2D eigenvalue weighted by molar-refractivity contribution is 14.1. The van der Waals surface area contributed by atoms with Crippen molar-refractivity contribution >= 4 is 28.3 Å². The second kappa shape index (κ2) is 9.36. The Hall–Kier alpha value is -1.56. The summed E-state index contributed by atoms with van der Waals surface area (Å²) in [5, 5.41) is 36.1. The lowest BCUT2D eigenvalue weighted by atomic mass is 9.95. The van der Waals surface area contributed by atoms with Crippen LogP contribution in [0.1, 0.15) is 47.6 Å². The molecule has 5 rings (SSSR count). The molecule has 0 amide bonds. The zero-order chi connectivity index (χ0) is 22.2. The summed E-state index contributed by atoms with van der Waals surface area (Å²) in [6, 6.07) is 13.9. The van der Waals surface area contributed by atoms with Gasteiger partial charge in [0, 0.05) is 52.9 Å². The molecule has 0 aromatic heterocycles. The fraction of sp³-hybridized carbons (Fsp3) is 0.458. The molecule has 3 unspecified atom stereocenters. The predicted molar refractivity (Wildman–Crippen MR) is 131 cm³/mol. The van der Waals surface area contributed by atoms with Crippen LogP contribution in [0.2, 0.25) is 0 Å². The maximum Gasteiger partial charge on any atom is 0.166 e. The smallest absolute Gasteiger partial charge is 0.166 e. The van der Waals surface area contributed by atoms with Crippen molar-refractivity contribution in [3.8, 4) is 0 Å². The summed E-state index contributed by atoms with van der Waals surface area (Å²) in [7, 11) is 0. The molecule has 0 radical (unpaired) electrons. The number of aliphatic hydroxyl groups excluding tert-OH is 3. The van der Waals surface area contributed by atoms with Crippen LogP contribution < -0.4 is 5.43 Å². The first-order valence-corrected chi connectivity index (χ1v) is 12.3. The van der Waals surface area contributed by atoms with E-state index in [4.69, 9.17) is 0 Å². The third-order valence-corrected chi connectivity index (χ3v) is 7.69. The van der Waals surface area contributed by atoms with Crippen LogP contribution in [0.5, 0.6) is 0 Å². The van der Waals surface area contributed by atoms with Crippen molar-refractivity contribution in [2.75, 3.05) is 26.2 Å². The van der Waals surface area contributed by atoms with E-state index in [0.717, 1.165) is 70.6 Å². The Morgan fingerprint density at radius 3 is 2.50 bits per heavy atom. The first-order chi connectivity index (χ1) is 15.5. The van der Waals surface area contributed by atoms with Gasteiger partial charge in [0.25, 0.3) is 0 Å². The van der Waals surface area contributed by atoms with E-state index in [2.05, 4.69) is 55.1 Å². The Kier molecular flexibility index (Phi) is 6.51. The Bertz CT molecular complexity index is 1000. The third kappa shape index (κ3) is 4.57. The summed E-state index contributed by atoms with van der Waals surface area (Å²) in [5.74, 6) is 0.438. The number of benzene rings is 2. The summed E-state index contributed by atoms with van der Waals surface area (Å²) in [5.41, 5.74) is 7.41. The van der Waals surface area contributed by atoms with Crippen LogP contribution in [0.4, 0.5) is 0 Å². The van der Waals surface area contributed by atoms with Gasteiger partial charge in [-0.05, 0) is 53.0 Å². The standard InChI is InChI=1S/C24H29IN4O3/c25-20-8-5-15(14-21-17-3-1-2-4-18(17)22(30)27-26-21)13-19(20)24(32)29-11-9-28(10-12-29)23(31)16-6-7-16/h1-5,8,13,16,22-24,27,30-32H,6-7,9-12,14H2. The van der Waals surface area contributed by atoms with Gasteiger partial charge in [0.1, 0.15) is 12.5 Å². The molecule has 3 atom stereocenters. The number of rotatable bonds is 6. The molecule has 0 bridgehead atoms. The molecular formula is C24H29IN4O3. The maximum atomic E-state index is 11.2. The van der Waals surface area contributed by atoms with Gasteiger partial charge in [-0.2, -0.15) is 5.10 Å². The topological polar surface area (TPSA) is 91.6 Å². The molecule has 2 aliphatic heterocycles. The van der Waals surface area contributed by atoms with Gasteiger partial charge in [-0.15, -0.1) is 0 Å². The molecule has 7 nitrogen and oxygen atoms in total. The molecule has 32 heavy (non-hydrogen) atoms. The lowest BCUT2D eigenvalue weighted by Gasteiger charge is -2.39. The van der Waals surface area contributed by atoms with Gasteiger partial charge < -0.3 is 15.3 Å². The highest BCUT2D eigenvalue weighted by Gasteiger charge is 2.36. The minimum Gasteiger partial charge on any atom is -0.378 e. The molecule has 2 aromatic carbocycles. The number of nitrogens with one attached hydrogen (secondary N) is 1. The van der Waals surface area contributed by atoms with Crippen molar-refractivity contribution in [3.05, 3.63) is 68.3 Å². The fourth-order valence-electron chi connectivity index (χ4n) is 4.63. The number of piperazine rings is 1. The Morgan fingerprint density at radius 2 is 1.75 bits per heavy atom. The largest absolute Gasteiger partial charge is 0.378 e. The van der Waals surface area contributed by atoms with Gasteiger partial charge in [-0.1, -0.05) is 36.4 Å². The van der Waals surface area contributed by atoms with Crippen molar-refractivity contribution in [2.24, 2.45) is 11.0 Å². The van der Waals surface area contributed by atoms with Gasteiger partial charge in [0.15, 0.2) is 6.23 Å². The number of halogens is 1. The molecule has 8 heteroatoms. The van der Waals surface area contributed by atoms with Crippen LogP contribution in [0.3, 0.4) is 0 Å². The van der Waals surface area contributed by atoms with Crippen molar-refractivity contribution in [2.45, 2.75) is 37.9 Å². The minimum absolute atomic E-state index is 0.330. The van der Waals surface area contributed by atoms with E-state index in [1.807, 2.05) is 30.3 Å². The molecule has 2 heterocycles. The highest BCUT2D eigenvalue weighted by atomic mass is 127. The summed E-state index contributed by atoms with van der Waals surface area (Å²) in [4.78, 5) is 4.23. The summed E-state index contributed by atoms with van der Waals surface area (Å²) in [6.45, 7) is 3.00. The second-order valence-corrected chi connectivity index (χ2v) is 10.1. The van der Waals surface area contributed by atoms with Crippen molar-refractivity contribution in [1.82, 2.24) is 15.2 Å².